The van der Waals surface area contributed by atoms with Crippen LogP contribution in [-0.4, -0.2) is 4.98 Å². The molecule has 2 heterocycles. The van der Waals surface area contributed by atoms with Crippen molar-refractivity contribution in [2.24, 2.45) is 0 Å². The van der Waals surface area contributed by atoms with Gasteiger partial charge in [0, 0.05) is 17.2 Å². The molecule has 0 amide bonds. The van der Waals surface area contributed by atoms with Crippen LogP contribution in [0.2, 0.25) is 0 Å². The van der Waals surface area contributed by atoms with Crippen LogP contribution < -0.4 is 5.63 Å². The van der Waals surface area contributed by atoms with Crippen molar-refractivity contribution in [1.29, 1.82) is 0 Å². The minimum Gasteiger partial charge on any atom is -0.431 e. The van der Waals surface area contributed by atoms with Gasteiger partial charge in [-0.15, -0.1) is 0 Å². The summed E-state index contributed by atoms with van der Waals surface area (Å²) in [5.74, 6) is 0.772. The molecule has 0 fully saturated rings. The summed E-state index contributed by atoms with van der Waals surface area (Å²) in [7, 11) is 0. The Balaban J connectivity index is 1.75. The van der Waals surface area contributed by atoms with E-state index >= 15 is 0 Å². The standard InChI is InChI=1S/C18H13NO3S/c1-11-9-15(20)22-17-13(11)7-8-14-16(17)19-18(21-14)23-10-12-5-3-2-4-6-12/h2-9H,10H2,1H3. The van der Waals surface area contributed by atoms with Gasteiger partial charge in [-0.25, -0.2) is 4.79 Å². The Bertz CT molecular complexity index is 1050. The second-order valence-electron chi connectivity index (χ2n) is 5.29. The van der Waals surface area contributed by atoms with E-state index in [2.05, 4.69) is 17.1 Å². The highest BCUT2D eigenvalue weighted by Gasteiger charge is 2.13. The van der Waals surface area contributed by atoms with E-state index in [1.807, 2.05) is 37.3 Å². The van der Waals surface area contributed by atoms with E-state index in [1.54, 1.807) is 0 Å². The van der Waals surface area contributed by atoms with Crippen molar-refractivity contribution in [3.8, 4) is 0 Å². The van der Waals surface area contributed by atoms with E-state index < -0.39 is 0 Å². The third kappa shape index (κ3) is 2.64. The average molecular weight is 323 g/mol. The van der Waals surface area contributed by atoms with Crippen molar-refractivity contribution in [1.82, 2.24) is 4.98 Å². The van der Waals surface area contributed by atoms with Gasteiger partial charge >= 0.3 is 5.63 Å². The largest absolute Gasteiger partial charge is 0.431 e. The molecule has 2 aromatic heterocycles. The zero-order chi connectivity index (χ0) is 15.8. The van der Waals surface area contributed by atoms with Crippen LogP contribution in [0.25, 0.3) is 22.1 Å². The number of aryl methyl sites for hydroxylation is 1. The number of fused-ring (bicyclic) bond motifs is 3. The summed E-state index contributed by atoms with van der Waals surface area (Å²) >= 11 is 1.52. The van der Waals surface area contributed by atoms with Crippen molar-refractivity contribution in [3.05, 3.63) is 70.1 Å². The van der Waals surface area contributed by atoms with Crippen LogP contribution >= 0.6 is 11.8 Å². The number of hydrogen-bond donors (Lipinski definition) is 0. The van der Waals surface area contributed by atoms with E-state index in [-0.39, 0.29) is 5.63 Å². The lowest BCUT2D eigenvalue weighted by Gasteiger charge is -1.99. The third-order valence-electron chi connectivity index (χ3n) is 3.66. The highest BCUT2D eigenvalue weighted by molar-refractivity contribution is 7.98. The van der Waals surface area contributed by atoms with Gasteiger partial charge in [0.15, 0.2) is 16.7 Å². The fraction of sp³-hybridized carbons (Fsp3) is 0.111. The van der Waals surface area contributed by atoms with Gasteiger partial charge in [0.05, 0.1) is 0 Å². The number of thioether (sulfide) groups is 1. The molecule has 5 heteroatoms. The van der Waals surface area contributed by atoms with Crippen molar-refractivity contribution >= 4 is 33.8 Å². The van der Waals surface area contributed by atoms with Crippen LogP contribution in [-0.2, 0) is 5.75 Å². The van der Waals surface area contributed by atoms with E-state index in [0.717, 1.165) is 16.7 Å². The van der Waals surface area contributed by atoms with Gasteiger partial charge in [0.1, 0.15) is 0 Å². The Kier molecular flexibility index (Phi) is 3.42. The highest BCUT2D eigenvalue weighted by atomic mass is 32.2. The lowest BCUT2D eigenvalue weighted by Crippen LogP contribution is -1.97. The Morgan fingerprint density at radius 1 is 1.09 bits per heavy atom. The van der Waals surface area contributed by atoms with E-state index in [9.17, 15) is 4.79 Å². The Morgan fingerprint density at radius 3 is 2.74 bits per heavy atom. The average Bonchev–Trinajstić information content (AvgIpc) is 2.97. The molecule has 0 saturated carbocycles. The first-order chi connectivity index (χ1) is 11.2. The lowest BCUT2D eigenvalue weighted by molar-refractivity contribution is 0.489. The molecule has 23 heavy (non-hydrogen) atoms. The van der Waals surface area contributed by atoms with Crippen molar-refractivity contribution in [3.63, 3.8) is 0 Å². The number of nitrogens with zero attached hydrogens (tertiary/aromatic N) is 1. The third-order valence-corrected chi connectivity index (χ3v) is 4.56. The molecule has 0 unspecified atom stereocenters. The molecule has 0 saturated heterocycles. The molecule has 114 valence electrons. The monoisotopic (exact) mass is 323 g/mol. The maximum absolute atomic E-state index is 11.6. The minimum atomic E-state index is -0.371. The Morgan fingerprint density at radius 2 is 1.91 bits per heavy atom. The number of oxazole rings is 1. The van der Waals surface area contributed by atoms with Gasteiger partial charge in [-0.05, 0) is 30.2 Å². The van der Waals surface area contributed by atoms with Crippen molar-refractivity contribution < 1.29 is 8.83 Å². The normalized spacial score (nSPS) is 11.3. The SMILES string of the molecule is Cc1cc(=O)oc2c1ccc1oc(SCc3ccccc3)nc12. The van der Waals surface area contributed by atoms with Gasteiger partial charge in [-0.2, -0.15) is 4.98 Å². The summed E-state index contributed by atoms with van der Waals surface area (Å²) in [6.07, 6.45) is 0. The number of rotatable bonds is 3. The van der Waals surface area contributed by atoms with Crippen LogP contribution in [0.15, 0.2) is 67.4 Å². The summed E-state index contributed by atoms with van der Waals surface area (Å²) < 4.78 is 11.1. The van der Waals surface area contributed by atoms with E-state index in [4.69, 9.17) is 8.83 Å². The first kappa shape index (κ1) is 14.1. The summed E-state index contributed by atoms with van der Waals surface area (Å²) in [4.78, 5) is 16.1. The maximum Gasteiger partial charge on any atom is 0.336 e. The quantitative estimate of drug-likeness (QED) is 0.409. The molecular formula is C18H13NO3S. The van der Waals surface area contributed by atoms with Crippen molar-refractivity contribution in [2.45, 2.75) is 17.9 Å². The number of hydrogen-bond acceptors (Lipinski definition) is 5. The van der Waals surface area contributed by atoms with Crippen molar-refractivity contribution in [2.75, 3.05) is 0 Å². The zero-order valence-corrected chi connectivity index (χ0v) is 13.2. The Labute approximate surface area is 136 Å². The predicted octanol–water partition coefficient (Wildman–Crippen LogP) is 4.53. The van der Waals surface area contributed by atoms with Crippen LogP contribution in [0.4, 0.5) is 0 Å². The van der Waals surface area contributed by atoms with Gasteiger partial charge in [0.25, 0.3) is 5.22 Å². The fourth-order valence-corrected chi connectivity index (χ4v) is 3.32. The molecule has 4 nitrogen and oxygen atoms in total. The predicted molar refractivity (Wildman–Crippen MR) is 90.8 cm³/mol. The fourth-order valence-electron chi connectivity index (χ4n) is 2.53. The highest BCUT2D eigenvalue weighted by Crippen LogP contribution is 2.31. The molecule has 4 rings (SSSR count). The summed E-state index contributed by atoms with van der Waals surface area (Å²) in [5.41, 5.74) is 3.42. The molecular weight excluding hydrogens is 310 g/mol. The summed E-state index contributed by atoms with van der Waals surface area (Å²) in [6, 6.07) is 15.4. The second-order valence-corrected chi connectivity index (χ2v) is 6.22. The van der Waals surface area contributed by atoms with Crippen LogP contribution in [0.1, 0.15) is 11.1 Å². The van der Waals surface area contributed by atoms with Gasteiger partial charge in [-0.3, -0.25) is 0 Å². The van der Waals surface area contributed by atoms with Gasteiger partial charge in [-0.1, -0.05) is 42.1 Å². The lowest BCUT2D eigenvalue weighted by atomic mass is 10.1. The van der Waals surface area contributed by atoms with Crippen LogP contribution in [0.5, 0.6) is 0 Å². The number of aromatic nitrogens is 1. The van der Waals surface area contributed by atoms with Gasteiger partial charge < -0.3 is 8.83 Å². The van der Waals surface area contributed by atoms with Gasteiger partial charge in [0.2, 0.25) is 0 Å². The van der Waals surface area contributed by atoms with Crippen LogP contribution in [0, 0.1) is 6.92 Å². The molecule has 2 aromatic carbocycles. The molecule has 4 aromatic rings. The first-order valence-corrected chi connectivity index (χ1v) is 8.20. The molecule has 0 atom stereocenters. The topological polar surface area (TPSA) is 56.2 Å². The molecule has 0 aliphatic heterocycles. The smallest absolute Gasteiger partial charge is 0.336 e. The number of benzene rings is 2. The van der Waals surface area contributed by atoms with Crippen LogP contribution in [0.3, 0.4) is 0 Å². The minimum absolute atomic E-state index is 0.371. The molecule has 0 spiro atoms. The Hall–Kier alpha value is -2.53. The molecule has 0 aliphatic carbocycles. The molecule has 0 N–H and O–H groups in total. The first-order valence-electron chi connectivity index (χ1n) is 7.21. The molecule has 0 bridgehead atoms. The molecule has 0 radical (unpaired) electrons. The zero-order valence-electron chi connectivity index (χ0n) is 12.4. The summed E-state index contributed by atoms with van der Waals surface area (Å²) in [6.45, 7) is 1.89. The maximum atomic E-state index is 11.6. The summed E-state index contributed by atoms with van der Waals surface area (Å²) in [5, 5.41) is 1.45. The van der Waals surface area contributed by atoms with E-state index in [0.29, 0.717) is 21.9 Å². The molecule has 0 aliphatic rings. The second kappa shape index (κ2) is 5.59. The van der Waals surface area contributed by atoms with E-state index in [1.165, 1.54) is 23.4 Å².